The van der Waals surface area contributed by atoms with Crippen LogP contribution in [0.3, 0.4) is 0 Å². The Kier molecular flexibility index (Phi) is 7.00. The molecule has 0 aliphatic rings. The minimum absolute atomic E-state index is 0.0272. The Morgan fingerprint density at radius 3 is 2.65 bits per heavy atom. The quantitative estimate of drug-likeness (QED) is 0.617. The second-order valence-electron chi connectivity index (χ2n) is 6.34. The summed E-state index contributed by atoms with van der Waals surface area (Å²) in [5.74, 6) is 0.722. The second kappa shape index (κ2) is 8.50. The molecule has 23 heavy (non-hydrogen) atoms. The van der Waals surface area contributed by atoms with Gasteiger partial charge in [0.15, 0.2) is 5.78 Å². The number of anilines is 1. The summed E-state index contributed by atoms with van der Waals surface area (Å²) in [6.07, 6.45) is 2.13. The van der Waals surface area contributed by atoms with Crippen LogP contribution in [0.15, 0.2) is 18.3 Å². The van der Waals surface area contributed by atoms with E-state index in [1.807, 2.05) is 39.6 Å². The summed E-state index contributed by atoms with van der Waals surface area (Å²) in [5, 5.41) is 2.66. The summed E-state index contributed by atoms with van der Waals surface area (Å²) in [6, 6.07) is 3.55. The lowest BCUT2D eigenvalue weighted by Crippen LogP contribution is -2.33. The SMILES string of the molecule is CCN(C)c1ncccc1C(=O)CCCNC(=O)OC(C)(C)C. The van der Waals surface area contributed by atoms with E-state index in [1.165, 1.54) is 0 Å². The molecule has 1 N–H and O–H groups in total. The summed E-state index contributed by atoms with van der Waals surface area (Å²) in [6.45, 7) is 8.61. The van der Waals surface area contributed by atoms with Gasteiger partial charge in [0.2, 0.25) is 0 Å². The Morgan fingerprint density at radius 2 is 2.04 bits per heavy atom. The molecule has 0 unspecified atom stereocenters. The minimum atomic E-state index is -0.519. The molecule has 0 aliphatic carbocycles. The molecule has 0 saturated heterocycles. The number of amides is 1. The standard InChI is InChI=1S/C17H27N3O3/c1-6-20(5)15-13(9-7-11-18-15)14(21)10-8-12-19-16(22)23-17(2,3)4/h7,9,11H,6,8,10,12H2,1-5H3,(H,19,22). The number of carbonyl (C=O) groups excluding carboxylic acids is 2. The van der Waals surface area contributed by atoms with E-state index in [-0.39, 0.29) is 5.78 Å². The number of ketones is 1. The minimum Gasteiger partial charge on any atom is -0.444 e. The van der Waals surface area contributed by atoms with E-state index in [9.17, 15) is 9.59 Å². The molecule has 0 saturated carbocycles. The first-order chi connectivity index (χ1) is 10.7. The summed E-state index contributed by atoms with van der Waals surface area (Å²) in [7, 11) is 1.91. The molecule has 0 aliphatic heterocycles. The van der Waals surface area contributed by atoms with Gasteiger partial charge in [-0.2, -0.15) is 0 Å². The monoisotopic (exact) mass is 321 g/mol. The zero-order chi connectivity index (χ0) is 17.5. The first-order valence-corrected chi connectivity index (χ1v) is 7.90. The van der Waals surface area contributed by atoms with Gasteiger partial charge < -0.3 is 15.0 Å². The fourth-order valence-corrected chi connectivity index (χ4v) is 1.96. The fourth-order valence-electron chi connectivity index (χ4n) is 1.96. The lowest BCUT2D eigenvalue weighted by Gasteiger charge is -2.20. The van der Waals surface area contributed by atoms with Crippen LogP contribution in [0.2, 0.25) is 0 Å². The number of pyridine rings is 1. The van der Waals surface area contributed by atoms with Gasteiger partial charge in [-0.15, -0.1) is 0 Å². The lowest BCUT2D eigenvalue weighted by molar-refractivity contribution is 0.0525. The van der Waals surface area contributed by atoms with Crippen LogP contribution >= 0.6 is 0 Å². The molecule has 0 bridgehead atoms. The van der Waals surface area contributed by atoms with Crippen molar-refractivity contribution in [1.29, 1.82) is 0 Å². The third-order valence-corrected chi connectivity index (χ3v) is 3.17. The molecule has 0 radical (unpaired) electrons. The summed E-state index contributed by atoms with van der Waals surface area (Å²) in [4.78, 5) is 30.1. The molecule has 1 heterocycles. The molecule has 1 aromatic rings. The highest BCUT2D eigenvalue weighted by Gasteiger charge is 2.17. The molecule has 0 atom stereocenters. The van der Waals surface area contributed by atoms with Gasteiger partial charge in [-0.3, -0.25) is 4.79 Å². The number of nitrogens with one attached hydrogen (secondary N) is 1. The first kappa shape index (κ1) is 18.9. The Balaban J connectivity index is 2.48. The molecule has 6 heteroatoms. The van der Waals surface area contributed by atoms with Crippen molar-refractivity contribution in [1.82, 2.24) is 10.3 Å². The molecular weight excluding hydrogens is 294 g/mol. The van der Waals surface area contributed by atoms with Gasteiger partial charge in [0.25, 0.3) is 0 Å². The molecule has 6 nitrogen and oxygen atoms in total. The fraction of sp³-hybridized carbons (Fsp3) is 0.588. The van der Waals surface area contributed by atoms with Gasteiger partial charge in [-0.05, 0) is 46.2 Å². The number of hydrogen-bond donors (Lipinski definition) is 1. The van der Waals surface area contributed by atoms with Crippen molar-refractivity contribution in [3.05, 3.63) is 23.9 Å². The van der Waals surface area contributed by atoms with Crippen molar-refractivity contribution in [2.24, 2.45) is 0 Å². The molecule has 1 rings (SSSR count). The Bertz CT molecular complexity index is 538. The number of rotatable bonds is 7. The number of hydrogen-bond acceptors (Lipinski definition) is 5. The third kappa shape index (κ3) is 6.67. The highest BCUT2D eigenvalue weighted by molar-refractivity contribution is 6.00. The van der Waals surface area contributed by atoms with E-state index in [4.69, 9.17) is 4.74 Å². The van der Waals surface area contributed by atoms with Gasteiger partial charge in [0, 0.05) is 32.8 Å². The van der Waals surface area contributed by atoms with Gasteiger partial charge in [-0.1, -0.05) is 0 Å². The van der Waals surface area contributed by atoms with E-state index >= 15 is 0 Å². The highest BCUT2D eigenvalue weighted by atomic mass is 16.6. The molecule has 0 aromatic carbocycles. The number of Topliss-reactive ketones (excluding diaryl/α,β-unsaturated/α-hetero) is 1. The lowest BCUT2D eigenvalue weighted by atomic mass is 10.1. The normalized spacial score (nSPS) is 11.0. The predicted molar refractivity (Wildman–Crippen MR) is 91.0 cm³/mol. The summed E-state index contributed by atoms with van der Waals surface area (Å²) in [5.41, 5.74) is 0.101. The maximum absolute atomic E-state index is 12.3. The molecule has 128 valence electrons. The van der Waals surface area contributed by atoms with Crippen molar-refractivity contribution >= 4 is 17.7 Å². The Hall–Kier alpha value is -2.11. The van der Waals surface area contributed by atoms with Gasteiger partial charge >= 0.3 is 6.09 Å². The smallest absolute Gasteiger partial charge is 0.407 e. The molecule has 1 aromatic heterocycles. The number of carbonyl (C=O) groups is 2. The van der Waals surface area contributed by atoms with E-state index in [1.54, 1.807) is 18.3 Å². The molecule has 0 spiro atoms. The highest BCUT2D eigenvalue weighted by Crippen LogP contribution is 2.18. The Morgan fingerprint density at radius 1 is 1.35 bits per heavy atom. The third-order valence-electron chi connectivity index (χ3n) is 3.17. The second-order valence-corrected chi connectivity index (χ2v) is 6.34. The largest absolute Gasteiger partial charge is 0.444 e. The average molecular weight is 321 g/mol. The van der Waals surface area contributed by atoms with Crippen molar-refractivity contribution in [3.63, 3.8) is 0 Å². The van der Waals surface area contributed by atoms with E-state index in [2.05, 4.69) is 10.3 Å². The summed E-state index contributed by atoms with van der Waals surface area (Å²) >= 11 is 0. The predicted octanol–water partition coefficient (Wildman–Crippen LogP) is 3.03. The summed E-state index contributed by atoms with van der Waals surface area (Å²) < 4.78 is 5.14. The maximum atomic E-state index is 12.3. The van der Waals surface area contributed by atoms with Crippen LogP contribution in [0.4, 0.5) is 10.6 Å². The van der Waals surface area contributed by atoms with Gasteiger partial charge in [-0.25, -0.2) is 9.78 Å². The zero-order valence-corrected chi connectivity index (χ0v) is 14.7. The number of aromatic nitrogens is 1. The number of nitrogens with zero attached hydrogens (tertiary/aromatic N) is 2. The van der Waals surface area contributed by atoms with Gasteiger partial charge in [0.1, 0.15) is 11.4 Å². The zero-order valence-electron chi connectivity index (χ0n) is 14.7. The van der Waals surface area contributed by atoms with Crippen LogP contribution in [0, 0.1) is 0 Å². The van der Waals surface area contributed by atoms with Crippen molar-refractivity contribution < 1.29 is 14.3 Å². The van der Waals surface area contributed by atoms with Crippen molar-refractivity contribution in [3.8, 4) is 0 Å². The van der Waals surface area contributed by atoms with E-state index < -0.39 is 11.7 Å². The van der Waals surface area contributed by atoms with Crippen LogP contribution in [0.1, 0.15) is 50.9 Å². The van der Waals surface area contributed by atoms with Crippen LogP contribution in [0.5, 0.6) is 0 Å². The van der Waals surface area contributed by atoms with Crippen LogP contribution in [0.25, 0.3) is 0 Å². The van der Waals surface area contributed by atoms with Crippen LogP contribution in [-0.4, -0.2) is 42.6 Å². The van der Waals surface area contributed by atoms with Crippen LogP contribution in [-0.2, 0) is 4.74 Å². The van der Waals surface area contributed by atoms with Crippen LogP contribution < -0.4 is 10.2 Å². The van der Waals surface area contributed by atoms with Crippen molar-refractivity contribution in [2.45, 2.75) is 46.1 Å². The maximum Gasteiger partial charge on any atom is 0.407 e. The molecular formula is C17H27N3O3. The number of alkyl carbamates (subject to hydrolysis) is 1. The first-order valence-electron chi connectivity index (χ1n) is 7.90. The molecule has 1 amide bonds. The Labute approximate surface area is 138 Å². The number of ether oxygens (including phenoxy) is 1. The topological polar surface area (TPSA) is 71.5 Å². The average Bonchev–Trinajstić information content (AvgIpc) is 2.48. The van der Waals surface area contributed by atoms with Crippen molar-refractivity contribution in [2.75, 3.05) is 25.0 Å². The van der Waals surface area contributed by atoms with E-state index in [0.29, 0.717) is 30.8 Å². The van der Waals surface area contributed by atoms with E-state index in [0.717, 1.165) is 6.54 Å². The molecule has 0 fully saturated rings. The van der Waals surface area contributed by atoms with Gasteiger partial charge in [0.05, 0.1) is 5.56 Å².